The normalized spacial score (nSPS) is 11.1. The molecule has 0 atom stereocenters. The zero-order chi connectivity index (χ0) is 15.0. The van der Waals surface area contributed by atoms with E-state index in [2.05, 4.69) is 28.2 Å². The second-order valence-corrected chi connectivity index (χ2v) is 5.43. The zero-order valence-corrected chi connectivity index (χ0v) is 13.2. The lowest BCUT2D eigenvalue weighted by atomic mass is 10.1. The van der Waals surface area contributed by atoms with Gasteiger partial charge in [0.05, 0.1) is 13.2 Å². The number of nitrogens with one attached hydrogen (secondary N) is 1. The Morgan fingerprint density at radius 3 is 2.75 bits per heavy atom. The highest BCUT2D eigenvalue weighted by molar-refractivity contribution is 9.10. The molecule has 114 valence electrons. The molecule has 0 saturated heterocycles. The van der Waals surface area contributed by atoms with Crippen molar-refractivity contribution in [2.45, 2.75) is 26.3 Å². The smallest absolute Gasteiger partial charge is 0.255 e. The molecule has 6 heteroatoms. The molecule has 0 aliphatic rings. The third-order valence-corrected chi connectivity index (χ3v) is 3.35. The van der Waals surface area contributed by atoms with Crippen LogP contribution in [0.2, 0.25) is 0 Å². The van der Waals surface area contributed by atoms with Gasteiger partial charge in [0.25, 0.3) is 6.43 Å². The van der Waals surface area contributed by atoms with Crippen LogP contribution in [0.4, 0.5) is 14.5 Å². The monoisotopic (exact) mass is 350 g/mol. The fourth-order valence-corrected chi connectivity index (χ4v) is 2.33. The summed E-state index contributed by atoms with van der Waals surface area (Å²) in [6.45, 7) is 3.25. The Balaban J connectivity index is 2.94. The summed E-state index contributed by atoms with van der Waals surface area (Å²) in [5.74, 6) is 0. The molecule has 0 amide bonds. The van der Waals surface area contributed by atoms with Crippen molar-refractivity contribution in [3.8, 4) is 0 Å². The van der Waals surface area contributed by atoms with E-state index in [-0.39, 0.29) is 19.7 Å². The molecule has 0 saturated carbocycles. The van der Waals surface area contributed by atoms with Gasteiger partial charge >= 0.3 is 0 Å². The summed E-state index contributed by atoms with van der Waals surface area (Å²) in [7, 11) is 0. The van der Waals surface area contributed by atoms with Crippen molar-refractivity contribution in [2.24, 2.45) is 0 Å². The summed E-state index contributed by atoms with van der Waals surface area (Å²) in [6, 6.07) is 5.63. The average molecular weight is 351 g/mol. The van der Waals surface area contributed by atoms with Crippen LogP contribution in [0.1, 0.15) is 18.9 Å². The van der Waals surface area contributed by atoms with Crippen LogP contribution in [0.15, 0.2) is 22.7 Å². The predicted molar refractivity (Wildman–Crippen MR) is 81.4 cm³/mol. The molecule has 2 N–H and O–H groups in total. The van der Waals surface area contributed by atoms with Crippen LogP contribution >= 0.6 is 15.9 Å². The number of anilines is 1. The summed E-state index contributed by atoms with van der Waals surface area (Å²) in [5, 5.41) is 12.3. The lowest BCUT2D eigenvalue weighted by Gasteiger charge is -2.26. The van der Waals surface area contributed by atoms with Gasteiger partial charge in [-0.2, -0.15) is 0 Å². The van der Waals surface area contributed by atoms with Crippen LogP contribution in [0.3, 0.4) is 0 Å². The Bertz CT molecular complexity index is 405. The van der Waals surface area contributed by atoms with Gasteiger partial charge in [0.15, 0.2) is 0 Å². The van der Waals surface area contributed by atoms with Crippen LogP contribution in [-0.4, -0.2) is 37.8 Å². The van der Waals surface area contributed by atoms with Gasteiger partial charge < -0.3 is 15.3 Å². The molecule has 0 fully saturated rings. The molecule has 0 unspecified atom stereocenters. The summed E-state index contributed by atoms with van der Waals surface area (Å²) in [4.78, 5) is 1.53. The van der Waals surface area contributed by atoms with E-state index in [1.807, 2.05) is 18.2 Å². The molecule has 0 aromatic heterocycles. The molecule has 1 rings (SSSR count). The van der Waals surface area contributed by atoms with Gasteiger partial charge in [0, 0.05) is 23.2 Å². The molecule has 1 aromatic rings. The lowest BCUT2D eigenvalue weighted by molar-refractivity contribution is 0.152. The van der Waals surface area contributed by atoms with Gasteiger partial charge in [-0.15, -0.1) is 0 Å². The average Bonchev–Trinajstić information content (AvgIpc) is 2.39. The van der Waals surface area contributed by atoms with Crippen molar-refractivity contribution < 1.29 is 13.9 Å². The Morgan fingerprint density at radius 1 is 1.40 bits per heavy atom. The van der Waals surface area contributed by atoms with Gasteiger partial charge in [-0.3, -0.25) is 0 Å². The van der Waals surface area contributed by atoms with Crippen molar-refractivity contribution in [1.29, 1.82) is 0 Å². The number of hydrogen-bond donors (Lipinski definition) is 2. The first-order valence-electron chi connectivity index (χ1n) is 6.71. The highest BCUT2D eigenvalue weighted by atomic mass is 79.9. The van der Waals surface area contributed by atoms with Crippen molar-refractivity contribution in [3.05, 3.63) is 28.2 Å². The summed E-state index contributed by atoms with van der Waals surface area (Å²) in [5.41, 5.74) is 1.69. The standard InChI is InChI=1S/C14H21BrF2N2O/c1-2-5-18-9-11-3-4-12(15)8-13(11)19(6-7-20)10-14(16)17/h3-4,8,14,18,20H,2,5-7,9-10H2,1H3. The maximum atomic E-state index is 12.7. The topological polar surface area (TPSA) is 35.5 Å². The molecule has 0 heterocycles. The number of rotatable bonds is 9. The third kappa shape index (κ3) is 5.73. The quantitative estimate of drug-likeness (QED) is 0.672. The van der Waals surface area contributed by atoms with Gasteiger partial charge in [-0.1, -0.05) is 28.9 Å². The van der Waals surface area contributed by atoms with Gasteiger partial charge in [-0.05, 0) is 30.7 Å². The second-order valence-electron chi connectivity index (χ2n) is 4.51. The molecular weight excluding hydrogens is 330 g/mol. The largest absolute Gasteiger partial charge is 0.395 e. The molecule has 0 spiro atoms. The second kappa shape index (κ2) is 9.26. The van der Waals surface area contributed by atoms with Gasteiger partial charge in [0.2, 0.25) is 0 Å². The zero-order valence-electron chi connectivity index (χ0n) is 11.6. The SMILES string of the molecule is CCCNCc1ccc(Br)cc1N(CCO)CC(F)F. The summed E-state index contributed by atoms with van der Waals surface area (Å²) in [6.07, 6.45) is -1.42. The fourth-order valence-electron chi connectivity index (χ4n) is 1.98. The van der Waals surface area contributed by atoms with E-state index >= 15 is 0 Å². The highest BCUT2D eigenvalue weighted by Crippen LogP contribution is 2.26. The minimum Gasteiger partial charge on any atom is -0.395 e. The third-order valence-electron chi connectivity index (χ3n) is 2.86. The molecule has 20 heavy (non-hydrogen) atoms. The van der Waals surface area contributed by atoms with E-state index in [1.54, 1.807) is 0 Å². The van der Waals surface area contributed by atoms with E-state index in [9.17, 15) is 8.78 Å². The number of nitrogens with zero attached hydrogens (tertiary/aromatic N) is 1. The Labute approximate surface area is 127 Å². The van der Waals surface area contributed by atoms with Crippen molar-refractivity contribution in [3.63, 3.8) is 0 Å². The molecule has 0 aliphatic heterocycles. The Morgan fingerprint density at radius 2 is 2.15 bits per heavy atom. The van der Waals surface area contributed by atoms with Gasteiger partial charge in [0.1, 0.15) is 0 Å². The number of aliphatic hydroxyl groups is 1. The minimum absolute atomic E-state index is 0.152. The van der Waals surface area contributed by atoms with Crippen LogP contribution in [0, 0.1) is 0 Å². The fraction of sp³-hybridized carbons (Fsp3) is 0.571. The first kappa shape index (κ1) is 17.3. The van der Waals surface area contributed by atoms with Crippen molar-refractivity contribution >= 4 is 21.6 Å². The van der Waals surface area contributed by atoms with E-state index in [4.69, 9.17) is 5.11 Å². The minimum atomic E-state index is -2.43. The maximum absolute atomic E-state index is 12.7. The number of halogens is 3. The van der Waals surface area contributed by atoms with E-state index in [1.165, 1.54) is 4.90 Å². The van der Waals surface area contributed by atoms with E-state index in [0.717, 1.165) is 28.7 Å². The first-order chi connectivity index (χ1) is 9.58. The first-order valence-corrected chi connectivity index (χ1v) is 7.50. The maximum Gasteiger partial charge on any atom is 0.255 e. The van der Waals surface area contributed by atoms with Crippen LogP contribution < -0.4 is 10.2 Å². The van der Waals surface area contributed by atoms with E-state index in [0.29, 0.717) is 6.54 Å². The molecule has 0 radical (unpaired) electrons. The molecule has 1 aromatic carbocycles. The molecule has 0 bridgehead atoms. The predicted octanol–water partition coefficient (Wildman–Crippen LogP) is 3.01. The van der Waals surface area contributed by atoms with Crippen molar-refractivity contribution in [1.82, 2.24) is 5.32 Å². The highest BCUT2D eigenvalue weighted by Gasteiger charge is 2.16. The van der Waals surface area contributed by atoms with Gasteiger partial charge in [-0.25, -0.2) is 8.78 Å². The van der Waals surface area contributed by atoms with E-state index < -0.39 is 6.43 Å². The summed E-state index contributed by atoms with van der Waals surface area (Å²) >= 11 is 3.37. The van der Waals surface area contributed by atoms with Crippen molar-refractivity contribution in [2.75, 3.05) is 31.1 Å². The molecular formula is C14H21BrF2N2O. The number of aliphatic hydroxyl groups excluding tert-OH is 1. The van der Waals surface area contributed by atoms with Crippen LogP contribution in [0.5, 0.6) is 0 Å². The van der Waals surface area contributed by atoms with Crippen LogP contribution in [0.25, 0.3) is 0 Å². The molecule has 3 nitrogen and oxygen atoms in total. The number of benzene rings is 1. The number of hydrogen-bond acceptors (Lipinski definition) is 3. The lowest BCUT2D eigenvalue weighted by Crippen LogP contribution is -2.33. The molecule has 0 aliphatic carbocycles. The Hall–Kier alpha value is -0.720. The Kier molecular flexibility index (Phi) is 8.02. The van der Waals surface area contributed by atoms with Crippen LogP contribution in [-0.2, 0) is 6.54 Å². The number of alkyl halides is 2. The summed E-state index contributed by atoms with van der Waals surface area (Å²) < 4.78 is 26.2.